The second-order valence-electron chi connectivity index (χ2n) is 6.23. The molecule has 2 aliphatic rings. The molecule has 5 nitrogen and oxygen atoms in total. The normalized spacial score (nSPS) is 28.4. The van der Waals surface area contributed by atoms with E-state index < -0.39 is 22.0 Å². The van der Waals surface area contributed by atoms with Crippen molar-refractivity contribution in [3.8, 4) is 0 Å². The molecule has 2 fully saturated rings. The predicted molar refractivity (Wildman–Crippen MR) is 72.3 cm³/mol. The van der Waals surface area contributed by atoms with Gasteiger partial charge in [-0.2, -0.15) is 4.31 Å². The molecule has 0 bridgehead atoms. The molecule has 2 rings (SSSR count). The highest BCUT2D eigenvalue weighted by atomic mass is 32.2. The van der Waals surface area contributed by atoms with Crippen molar-refractivity contribution >= 4 is 16.0 Å². The molecule has 0 aromatic heterocycles. The quantitative estimate of drug-likeness (QED) is 0.857. The van der Waals surface area contributed by atoms with Gasteiger partial charge in [-0.25, -0.2) is 8.42 Å². The van der Waals surface area contributed by atoms with Crippen LogP contribution in [0.4, 0.5) is 0 Å². The van der Waals surface area contributed by atoms with E-state index in [1.54, 1.807) is 0 Å². The summed E-state index contributed by atoms with van der Waals surface area (Å²) in [7, 11) is -3.46. The molecule has 1 N–H and O–H groups in total. The summed E-state index contributed by atoms with van der Waals surface area (Å²) in [6, 6.07) is -0.850. The van der Waals surface area contributed by atoms with Gasteiger partial charge in [-0.15, -0.1) is 0 Å². The minimum atomic E-state index is -3.46. The number of carbonyl (C=O) groups is 1. The van der Waals surface area contributed by atoms with Crippen molar-refractivity contribution in [2.45, 2.75) is 57.9 Å². The topological polar surface area (TPSA) is 74.7 Å². The van der Waals surface area contributed by atoms with E-state index in [9.17, 15) is 13.2 Å². The van der Waals surface area contributed by atoms with E-state index in [1.807, 2.05) is 6.92 Å². The Morgan fingerprint density at radius 2 is 1.89 bits per heavy atom. The highest BCUT2D eigenvalue weighted by Crippen LogP contribution is 2.38. The number of carboxylic acid groups (broad SMARTS) is 1. The van der Waals surface area contributed by atoms with Crippen molar-refractivity contribution in [1.29, 1.82) is 0 Å². The van der Waals surface area contributed by atoms with Crippen LogP contribution in [0.1, 0.15) is 51.9 Å². The van der Waals surface area contributed by atoms with E-state index in [2.05, 4.69) is 0 Å². The first kappa shape index (κ1) is 14.8. The van der Waals surface area contributed by atoms with Crippen LogP contribution in [0.3, 0.4) is 0 Å². The van der Waals surface area contributed by atoms with Crippen LogP contribution in [0, 0.1) is 5.41 Å². The Hall–Kier alpha value is -0.620. The van der Waals surface area contributed by atoms with Crippen molar-refractivity contribution in [2.75, 3.05) is 12.3 Å². The standard InChI is InChI=1S/C13H23NO4S/c1-13(7-3-2-4-8-13)10-19(17,18)14-9-5-6-11(14)12(15)16/h11H,2-10H2,1H3,(H,15,16)/t11-/m1/s1. The molecular formula is C13H23NO4S. The maximum atomic E-state index is 12.5. The van der Waals surface area contributed by atoms with Gasteiger partial charge in [-0.1, -0.05) is 26.2 Å². The van der Waals surface area contributed by atoms with Gasteiger partial charge in [0, 0.05) is 6.54 Å². The largest absolute Gasteiger partial charge is 0.480 e. The number of carboxylic acids is 1. The van der Waals surface area contributed by atoms with Gasteiger partial charge in [0.1, 0.15) is 6.04 Å². The Morgan fingerprint density at radius 1 is 1.26 bits per heavy atom. The van der Waals surface area contributed by atoms with Crippen LogP contribution < -0.4 is 0 Å². The minimum Gasteiger partial charge on any atom is -0.480 e. The summed E-state index contributed by atoms with van der Waals surface area (Å²) >= 11 is 0. The molecule has 0 unspecified atom stereocenters. The third kappa shape index (κ3) is 3.28. The maximum Gasteiger partial charge on any atom is 0.322 e. The van der Waals surface area contributed by atoms with Crippen molar-refractivity contribution < 1.29 is 18.3 Å². The average Bonchev–Trinajstić information content (AvgIpc) is 2.78. The molecule has 1 heterocycles. The fraction of sp³-hybridized carbons (Fsp3) is 0.923. The van der Waals surface area contributed by atoms with Gasteiger partial charge >= 0.3 is 5.97 Å². The van der Waals surface area contributed by atoms with Crippen molar-refractivity contribution in [2.24, 2.45) is 5.41 Å². The molecule has 19 heavy (non-hydrogen) atoms. The van der Waals surface area contributed by atoms with E-state index in [1.165, 1.54) is 10.7 Å². The lowest BCUT2D eigenvalue weighted by molar-refractivity contribution is -0.140. The van der Waals surface area contributed by atoms with Crippen molar-refractivity contribution in [1.82, 2.24) is 4.31 Å². The van der Waals surface area contributed by atoms with Gasteiger partial charge in [0.2, 0.25) is 10.0 Å². The molecule has 1 saturated carbocycles. The summed E-state index contributed by atoms with van der Waals surface area (Å²) in [6.07, 6.45) is 6.27. The molecule has 110 valence electrons. The first-order valence-electron chi connectivity index (χ1n) is 7.06. The fourth-order valence-corrected chi connectivity index (χ4v) is 5.72. The molecule has 0 spiro atoms. The number of rotatable bonds is 4. The van der Waals surface area contributed by atoms with E-state index in [-0.39, 0.29) is 11.2 Å². The van der Waals surface area contributed by atoms with Crippen LogP contribution in [0.15, 0.2) is 0 Å². The number of nitrogens with zero attached hydrogens (tertiary/aromatic N) is 1. The average molecular weight is 289 g/mol. The monoisotopic (exact) mass is 289 g/mol. The Labute approximate surface area is 115 Å². The summed E-state index contributed by atoms with van der Waals surface area (Å²) in [5.74, 6) is -0.918. The Bertz CT molecular complexity index is 440. The lowest BCUT2D eigenvalue weighted by Gasteiger charge is -2.35. The van der Waals surface area contributed by atoms with Crippen LogP contribution in [0.25, 0.3) is 0 Å². The molecule has 0 radical (unpaired) electrons. The first-order valence-corrected chi connectivity index (χ1v) is 8.67. The van der Waals surface area contributed by atoms with Crippen LogP contribution in [0.2, 0.25) is 0 Å². The van der Waals surface area contributed by atoms with Crippen molar-refractivity contribution in [3.63, 3.8) is 0 Å². The molecule has 0 aromatic rings. The van der Waals surface area contributed by atoms with Gasteiger partial charge in [0.05, 0.1) is 5.75 Å². The van der Waals surface area contributed by atoms with Crippen LogP contribution >= 0.6 is 0 Å². The predicted octanol–water partition coefficient (Wildman–Crippen LogP) is 1.84. The van der Waals surface area contributed by atoms with Gasteiger partial charge in [0.15, 0.2) is 0 Å². The molecule has 1 aliphatic carbocycles. The van der Waals surface area contributed by atoms with E-state index in [4.69, 9.17) is 5.11 Å². The zero-order valence-electron chi connectivity index (χ0n) is 11.5. The summed E-state index contributed by atoms with van der Waals surface area (Å²) in [6.45, 7) is 2.38. The van der Waals surface area contributed by atoms with Crippen LogP contribution in [0.5, 0.6) is 0 Å². The third-order valence-electron chi connectivity index (χ3n) is 4.44. The second-order valence-corrected chi connectivity index (χ2v) is 8.16. The maximum absolute atomic E-state index is 12.5. The summed E-state index contributed by atoms with van der Waals surface area (Å²) in [5, 5.41) is 9.11. The number of sulfonamides is 1. The summed E-state index contributed by atoms with van der Waals surface area (Å²) < 4.78 is 26.2. The molecule has 6 heteroatoms. The van der Waals surface area contributed by atoms with Crippen LogP contribution in [-0.4, -0.2) is 42.1 Å². The highest BCUT2D eigenvalue weighted by molar-refractivity contribution is 7.89. The Balaban J connectivity index is 2.11. The highest BCUT2D eigenvalue weighted by Gasteiger charge is 2.42. The number of hydrogen-bond acceptors (Lipinski definition) is 3. The van der Waals surface area contributed by atoms with Gasteiger partial charge in [-0.3, -0.25) is 4.79 Å². The Morgan fingerprint density at radius 3 is 2.47 bits per heavy atom. The third-order valence-corrected chi connectivity index (χ3v) is 6.65. The molecule has 0 amide bonds. The van der Waals surface area contributed by atoms with Crippen molar-refractivity contribution in [3.05, 3.63) is 0 Å². The molecule has 1 saturated heterocycles. The van der Waals surface area contributed by atoms with Gasteiger partial charge < -0.3 is 5.11 Å². The SMILES string of the molecule is CC1(CS(=O)(=O)N2CCC[C@@H]2C(=O)O)CCCCC1. The van der Waals surface area contributed by atoms with E-state index in [0.717, 1.165) is 25.7 Å². The zero-order valence-corrected chi connectivity index (χ0v) is 12.3. The molecule has 0 aromatic carbocycles. The lowest BCUT2D eigenvalue weighted by atomic mass is 9.77. The van der Waals surface area contributed by atoms with E-state index in [0.29, 0.717) is 19.4 Å². The van der Waals surface area contributed by atoms with Crippen LogP contribution in [-0.2, 0) is 14.8 Å². The smallest absolute Gasteiger partial charge is 0.322 e. The Kier molecular flexibility index (Phi) is 4.20. The first-order chi connectivity index (χ1) is 8.84. The minimum absolute atomic E-state index is 0.101. The van der Waals surface area contributed by atoms with E-state index >= 15 is 0 Å². The number of hydrogen-bond donors (Lipinski definition) is 1. The zero-order chi connectivity index (χ0) is 14.1. The molecular weight excluding hydrogens is 266 g/mol. The second kappa shape index (κ2) is 5.40. The van der Waals surface area contributed by atoms with Gasteiger partial charge in [0.25, 0.3) is 0 Å². The molecule has 1 aliphatic heterocycles. The summed E-state index contributed by atoms with van der Waals surface area (Å²) in [4.78, 5) is 11.1. The lowest BCUT2D eigenvalue weighted by Crippen LogP contribution is -2.44. The summed E-state index contributed by atoms with van der Waals surface area (Å²) in [5.41, 5.74) is -0.178. The molecule has 1 atom stereocenters. The number of aliphatic carboxylic acids is 1. The fourth-order valence-electron chi connectivity index (χ4n) is 3.39. The van der Waals surface area contributed by atoms with Gasteiger partial charge in [-0.05, 0) is 31.1 Å².